The zero-order valence-corrected chi connectivity index (χ0v) is 17.9. The van der Waals surface area contributed by atoms with Crippen molar-refractivity contribution < 1.29 is 23.9 Å². The highest BCUT2D eigenvalue weighted by molar-refractivity contribution is 6.08. The van der Waals surface area contributed by atoms with Crippen LogP contribution >= 0.6 is 0 Å². The molecule has 2 fully saturated rings. The number of amides is 4. The average molecular weight is 457 g/mol. The van der Waals surface area contributed by atoms with Crippen molar-refractivity contribution in [3.8, 4) is 0 Å². The molecule has 1 saturated carbocycles. The Morgan fingerprint density at radius 1 is 1.15 bits per heavy atom. The highest BCUT2D eigenvalue weighted by Gasteiger charge is 2.52. The smallest absolute Gasteiger partial charge is 0.344 e. The largest absolute Gasteiger partial charge is 0.454 e. The van der Waals surface area contributed by atoms with Crippen molar-refractivity contribution in [3.63, 3.8) is 0 Å². The van der Waals surface area contributed by atoms with Gasteiger partial charge in [-0.05, 0) is 43.7 Å². The van der Waals surface area contributed by atoms with Crippen LogP contribution in [-0.2, 0) is 25.7 Å². The van der Waals surface area contributed by atoms with Gasteiger partial charge in [0.25, 0.3) is 17.4 Å². The summed E-state index contributed by atoms with van der Waals surface area (Å²) >= 11 is 0. The molecule has 33 heavy (non-hydrogen) atoms. The third kappa shape index (κ3) is 4.23. The van der Waals surface area contributed by atoms with E-state index >= 15 is 0 Å². The summed E-state index contributed by atoms with van der Waals surface area (Å²) in [6, 6.07) is 5.49. The van der Waals surface area contributed by atoms with E-state index in [0.29, 0.717) is 23.8 Å². The first-order valence-corrected chi connectivity index (χ1v) is 10.5. The molecule has 1 spiro atoms. The van der Waals surface area contributed by atoms with Crippen LogP contribution in [0.25, 0.3) is 10.9 Å². The van der Waals surface area contributed by atoms with E-state index in [-0.39, 0.29) is 10.9 Å². The number of H-pyrrole nitrogens is 1. The number of benzene rings is 1. The fourth-order valence-corrected chi connectivity index (χ4v) is 4.19. The molecule has 0 bridgehead atoms. The molecule has 1 aliphatic carbocycles. The molecule has 4 rings (SSSR count). The molecule has 2 aliphatic rings. The van der Waals surface area contributed by atoms with Crippen LogP contribution < -0.4 is 22.0 Å². The lowest BCUT2D eigenvalue weighted by Gasteiger charge is -2.33. The third-order valence-electron chi connectivity index (χ3n) is 6.08. The molecule has 4 amide bonds. The predicted molar refractivity (Wildman–Crippen MR) is 114 cm³/mol. The van der Waals surface area contributed by atoms with E-state index < -0.39 is 53.8 Å². The molecule has 12 nitrogen and oxygen atoms in total. The van der Waals surface area contributed by atoms with Crippen LogP contribution in [0.5, 0.6) is 0 Å². The van der Waals surface area contributed by atoms with Crippen LogP contribution in [0.4, 0.5) is 4.79 Å². The first-order chi connectivity index (χ1) is 15.7. The fourth-order valence-electron chi connectivity index (χ4n) is 4.19. The van der Waals surface area contributed by atoms with Crippen LogP contribution in [0.2, 0.25) is 0 Å². The van der Waals surface area contributed by atoms with E-state index in [1.54, 1.807) is 12.1 Å². The molecule has 2 aromatic rings. The fraction of sp³-hybridized carbons (Fsp3) is 0.429. The van der Waals surface area contributed by atoms with Crippen molar-refractivity contribution in [1.29, 1.82) is 0 Å². The lowest BCUT2D eigenvalue weighted by Crippen LogP contribution is -2.52. The number of carbonyl (C=O) groups excluding carboxylic acids is 4. The van der Waals surface area contributed by atoms with Gasteiger partial charge in [0.05, 0.1) is 10.9 Å². The van der Waals surface area contributed by atoms with Crippen molar-refractivity contribution in [2.24, 2.45) is 5.92 Å². The van der Waals surface area contributed by atoms with Crippen LogP contribution in [-0.4, -0.2) is 50.5 Å². The van der Waals surface area contributed by atoms with Crippen molar-refractivity contribution in [2.45, 2.75) is 44.7 Å². The molecule has 2 heterocycles. The number of hydrazine groups is 1. The Morgan fingerprint density at radius 2 is 1.85 bits per heavy atom. The quantitative estimate of drug-likeness (QED) is 0.413. The molecule has 1 aromatic heterocycles. The number of carbonyl (C=O) groups is 4. The normalized spacial score (nSPS) is 22.5. The van der Waals surface area contributed by atoms with Crippen molar-refractivity contribution in [1.82, 2.24) is 25.3 Å². The summed E-state index contributed by atoms with van der Waals surface area (Å²) in [7, 11) is 0. The van der Waals surface area contributed by atoms with Gasteiger partial charge in [-0.15, -0.1) is 0 Å². The number of aromatic amines is 1. The summed E-state index contributed by atoms with van der Waals surface area (Å²) in [6.45, 7) is 0.760. The molecule has 0 unspecified atom stereocenters. The minimum Gasteiger partial charge on any atom is -0.454 e. The maximum absolute atomic E-state index is 12.8. The SMILES string of the molecule is CC1CCC2(CC1)NC(=O)N(NC(=O)COC(=O)Cn1c(=O)[nH]c(=O)c3ccccc31)C2=O. The van der Waals surface area contributed by atoms with E-state index in [2.05, 4.69) is 22.7 Å². The lowest BCUT2D eigenvalue weighted by atomic mass is 9.77. The number of ether oxygens (including phenoxy) is 1. The summed E-state index contributed by atoms with van der Waals surface area (Å²) in [5, 5.41) is 3.50. The van der Waals surface area contributed by atoms with Gasteiger partial charge >= 0.3 is 17.7 Å². The van der Waals surface area contributed by atoms with Gasteiger partial charge in [-0.1, -0.05) is 19.1 Å². The maximum Gasteiger partial charge on any atom is 0.344 e. The van der Waals surface area contributed by atoms with E-state index in [9.17, 15) is 28.8 Å². The van der Waals surface area contributed by atoms with Crippen LogP contribution in [0.1, 0.15) is 32.6 Å². The Labute approximate surface area is 186 Å². The second-order valence-electron chi connectivity index (χ2n) is 8.39. The summed E-state index contributed by atoms with van der Waals surface area (Å²) in [4.78, 5) is 75.6. The zero-order valence-electron chi connectivity index (χ0n) is 17.9. The first kappa shape index (κ1) is 22.2. The number of rotatable bonds is 5. The number of hydrogen-bond acceptors (Lipinski definition) is 7. The number of nitrogens with one attached hydrogen (secondary N) is 3. The molecular weight excluding hydrogens is 434 g/mol. The molecular formula is C21H23N5O7. The zero-order chi connectivity index (χ0) is 23.8. The first-order valence-electron chi connectivity index (χ1n) is 10.5. The molecule has 1 aliphatic heterocycles. The predicted octanol–water partition coefficient (Wildman–Crippen LogP) is -0.235. The number of nitrogens with zero attached hydrogens (tertiary/aromatic N) is 2. The van der Waals surface area contributed by atoms with Gasteiger partial charge < -0.3 is 10.1 Å². The van der Waals surface area contributed by atoms with E-state index in [4.69, 9.17) is 4.74 Å². The van der Waals surface area contributed by atoms with E-state index in [0.717, 1.165) is 17.4 Å². The number of para-hydroxylation sites is 1. The number of esters is 1. The monoisotopic (exact) mass is 457 g/mol. The number of imide groups is 1. The Hall–Kier alpha value is -3.96. The molecule has 1 aromatic carbocycles. The number of urea groups is 1. The molecule has 0 atom stereocenters. The van der Waals surface area contributed by atoms with Crippen LogP contribution in [0.3, 0.4) is 0 Å². The van der Waals surface area contributed by atoms with Gasteiger partial charge in [-0.2, -0.15) is 5.01 Å². The summed E-state index contributed by atoms with van der Waals surface area (Å²) < 4.78 is 5.92. The van der Waals surface area contributed by atoms with E-state index in [1.165, 1.54) is 12.1 Å². The minimum absolute atomic E-state index is 0.215. The van der Waals surface area contributed by atoms with Crippen LogP contribution in [0.15, 0.2) is 33.9 Å². The lowest BCUT2D eigenvalue weighted by molar-refractivity contribution is -0.151. The second kappa shape index (κ2) is 8.52. The van der Waals surface area contributed by atoms with Gasteiger partial charge in [-0.25, -0.2) is 9.59 Å². The number of aromatic nitrogens is 2. The van der Waals surface area contributed by atoms with Crippen LogP contribution in [0, 0.1) is 5.92 Å². The average Bonchev–Trinajstić information content (AvgIpc) is 3.01. The highest BCUT2D eigenvalue weighted by atomic mass is 16.5. The second-order valence-corrected chi connectivity index (χ2v) is 8.39. The van der Waals surface area contributed by atoms with Gasteiger partial charge in [0.2, 0.25) is 0 Å². The minimum atomic E-state index is -1.01. The molecule has 12 heteroatoms. The Bertz CT molecular complexity index is 1260. The van der Waals surface area contributed by atoms with Crippen molar-refractivity contribution >= 4 is 34.7 Å². The highest BCUT2D eigenvalue weighted by Crippen LogP contribution is 2.35. The number of hydrogen-bond donors (Lipinski definition) is 3. The topological polar surface area (TPSA) is 160 Å². The van der Waals surface area contributed by atoms with Gasteiger partial charge in [-0.3, -0.25) is 34.2 Å². The molecule has 1 saturated heterocycles. The summed E-state index contributed by atoms with van der Waals surface area (Å²) in [6.07, 6.45) is 2.54. The molecule has 3 N–H and O–H groups in total. The van der Waals surface area contributed by atoms with E-state index in [1.807, 2.05) is 0 Å². The maximum atomic E-state index is 12.8. The Morgan fingerprint density at radius 3 is 2.58 bits per heavy atom. The molecule has 0 radical (unpaired) electrons. The summed E-state index contributed by atoms with van der Waals surface area (Å²) in [5.41, 5.74) is 0.00547. The molecule has 174 valence electrons. The van der Waals surface area contributed by atoms with Gasteiger partial charge in [0.1, 0.15) is 12.1 Å². The van der Waals surface area contributed by atoms with Crippen molar-refractivity contribution in [2.75, 3.05) is 6.61 Å². The van der Waals surface area contributed by atoms with Gasteiger partial charge in [0, 0.05) is 0 Å². The number of fused-ring (bicyclic) bond motifs is 1. The third-order valence-corrected chi connectivity index (χ3v) is 6.08. The standard InChI is InChI=1S/C21H23N5O7/c1-12-6-8-21(9-7-12)18(30)26(20(32)23-21)24-15(27)11-33-16(28)10-25-14-5-3-2-4-13(14)17(29)22-19(25)31/h2-5,12H,6-11H2,1H3,(H,23,32)(H,24,27)(H,22,29,31). The Kier molecular flexibility index (Phi) is 5.75. The summed E-state index contributed by atoms with van der Waals surface area (Å²) in [5.74, 6) is -1.88. The van der Waals surface area contributed by atoms with Crippen molar-refractivity contribution in [3.05, 3.63) is 45.1 Å². The van der Waals surface area contributed by atoms with Gasteiger partial charge in [0.15, 0.2) is 6.61 Å². The Balaban J connectivity index is 1.36.